The number of nitrogens with zero attached hydrogens (tertiary/aromatic N) is 5. The second-order valence-corrected chi connectivity index (χ2v) is 7.99. The highest BCUT2D eigenvalue weighted by Gasteiger charge is 2.12. The number of nitrogen functional groups attached to an aromatic ring is 1. The molecule has 1 amide bonds. The van der Waals surface area contributed by atoms with Gasteiger partial charge in [-0.05, 0) is 66.9 Å². The summed E-state index contributed by atoms with van der Waals surface area (Å²) in [4.78, 5) is 25.7. The highest BCUT2D eigenvalue weighted by molar-refractivity contribution is 5.94. The number of nitriles is 2. The summed E-state index contributed by atoms with van der Waals surface area (Å²) in [7, 11) is 0. The first-order valence-corrected chi connectivity index (χ1v) is 10.6. The first-order chi connectivity index (χ1) is 16.4. The number of benzene rings is 1. The molecule has 0 spiro atoms. The first kappa shape index (κ1) is 22.4. The Hall–Kier alpha value is -4.82. The molecule has 3 N–H and O–H groups in total. The minimum atomic E-state index is -0.224. The summed E-state index contributed by atoms with van der Waals surface area (Å²) in [6, 6.07) is 14.8. The smallest absolute Gasteiger partial charge is 0.251 e. The molecule has 0 aliphatic rings. The molecule has 0 saturated heterocycles. The minimum absolute atomic E-state index is 0.224. The predicted molar refractivity (Wildman–Crippen MR) is 128 cm³/mol. The Balaban J connectivity index is 1.55. The Morgan fingerprint density at radius 1 is 1.09 bits per heavy atom. The zero-order chi connectivity index (χ0) is 24.2. The van der Waals surface area contributed by atoms with Crippen LogP contribution in [-0.2, 0) is 13.0 Å². The van der Waals surface area contributed by atoms with Crippen LogP contribution in [0.3, 0.4) is 0 Å². The lowest BCUT2D eigenvalue weighted by Crippen LogP contribution is -2.24. The number of hydrogen-bond donors (Lipinski definition) is 2. The van der Waals surface area contributed by atoms with Gasteiger partial charge in [-0.3, -0.25) is 14.8 Å². The van der Waals surface area contributed by atoms with Gasteiger partial charge in [-0.2, -0.15) is 10.5 Å². The molecule has 3 heterocycles. The van der Waals surface area contributed by atoms with Crippen molar-refractivity contribution in [1.82, 2.24) is 20.3 Å². The third-order valence-electron chi connectivity index (χ3n) is 5.56. The molecule has 0 aliphatic heterocycles. The molecular weight excluding hydrogens is 426 g/mol. The molecular formula is C26H21N7O. The molecule has 0 bridgehead atoms. The van der Waals surface area contributed by atoms with E-state index in [4.69, 9.17) is 11.0 Å². The molecule has 3 aromatic heterocycles. The Morgan fingerprint density at radius 3 is 2.65 bits per heavy atom. The van der Waals surface area contributed by atoms with Crippen LogP contribution in [0.5, 0.6) is 0 Å². The van der Waals surface area contributed by atoms with E-state index in [0.29, 0.717) is 52.1 Å². The zero-order valence-electron chi connectivity index (χ0n) is 18.8. The standard InChI is InChI=1S/C26H21N7O/c1-15-5-24(29)33-16(2)23(15)14-32-26(34)19-3-4-30-22(10-19)9-17-6-20-8-18(11-27)13-31-25(20)21(7-17)12-28/h3-8,10,13H,9,14H2,1-2H3,(H2,29,33)(H,32,34). The number of amides is 1. The van der Waals surface area contributed by atoms with Crippen molar-refractivity contribution >= 4 is 22.6 Å². The SMILES string of the molecule is Cc1cc(N)nc(C)c1CNC(=O)c1ccnc(Cc2cc(C#N)c3ncc(C#N)cc3c2)c1. The molecule has 1 aromatic carbocycles. The van der Waals surface area contributed by atoms with Crippen molar-refractivity contribution in [2.75, 3.05) is 5.73 Å². The average Bonchev–Trinajstić information content (AvgIpc) is 2.82. The van der Waals surface area contributed by atoms with Gasteiger partial charge in [0.05, 0.1) is 16.6 Å². The fourth-order valence-electron chi connectivity index (χ4n) is 3.91. The van der Waals surface area contributed by atoms with Crippen molar-refractivity contribution < 1.29 is 4.79 Å². The second-order valence-electron chi connectivity index (χ2n) is 7.99. The number of aryl methyl sites for hydroxylation is 2. The topological polar surface area (TPSA) is 141 Å². The van der Waals surface area contributed by atoms with Gasteiger partial charge in [-0.25, -0.2) is 4.98 Å². The van der Waals surface area contributed by atoms with E-state index >= 15 is 0 Å². The van der Waals surface area contributed by atoms with E-state index in [1.54, 1.807) is 36.5 Å². The number of fused-ring (bicyclic) bond motifs is 1. The van der Waals surface area contributed by atoms with Crippen LogP contribution >= 0.6 is 0 Å². The van der Waals surface area contributed by atoms with Gasteiger partial charge in [0.25, 0.3) is 5.91 Å². The fraction of sp³-hybridized carbons (Fsp3) is 0.154. The normalized spacial score (nSPS) is 10.5. The molecule has 8 nitrogen and oxygen atoms in total. The third kappa shape index (κ3) is 4.67. The summed E-state index contributed by atoms with van der Waals surface area (Å²) in [5, 5.41) is 22.3. The van der Waals surface area contributed by atoms with Crippen LogP contribution < -0.4 is 11.1 Å². The number of pyridine rings is 3. The largest absolute Gasteiger partial charge is 0.384 e. The van der Waals surface area contributed by atoms with Gasteiger partial charge < -0.3 is 11.1 Å². The Kier molecular flexibility index (Phi) is 6.16. The van der Waals surface area contributed by atoms with Crippen LogP contribution in [0, 0.1) is 36.5 Å². The number of nitrogens with two attached hydrogens (primary N) is 1. The van der Waals surface area contributed by atoms with Gasteiger partial charge in [0, 0.05) is 47.7 Å². The van der Waals surface area contributed by atoms with E-state index in [-0.39, 0.29) is 5.91 Å². The summed E-state index contributed by atoms with van der Waals surface area (Å²) >= 11 is 0. The Labute approximate surface area is 196 Å². The molecule has 4 rings (SSSR count). The highest BCUT2D eigenvalue weighted by Crippen LogP contribution is 2.22. The number of nitrogens with one attached hydrogen (secondary N) is 1. The van der Waals surface area contributed by atoms with Crippen LogP contribution in [0.25, 0.3) is 10.9 Å². The molecule has 0 aliphatic carbocycles. The molecule has 0 radical (unpaired) electrons. The number of anilines is 1. The van der Waals surface area contributed by atoms with Crippen molar-refractivity contribution in [3.8, 4) is 12.1 Å². The molecule has 0 saturated carbocycles. The van der Waals surface area contributed by atoms with E-state index in [1.165, 1.54) is 6.20 Å². The summed E-state index contributed by atoms with van der Waals surface area (Å²) in [5.74, 6) is 0.232. The van der Waals surface area contributed by atoms with Crippen LogP contribution in [0.1, 0.15) is 49.6 Å². The van der Waals surface area contributed by atoms with Crippen molar-refractivity contribution in [1.29, 1.82) is 10.5 Å². The van der Waals surface area contributed by atoms with E-state index in [1.807, 2.05) is 19.9 Å². The lowest BCUT2D eigenvalue weighted by molar-refractivity contribution is 0.0950. The lowest BCUT2D eigenvalue weighted by atomic mass is 10.0. The molecule has 34 heavy (non-hydrogen) atoms. The first-order valence-electron chi connectivity index (χ1n) is 10.6. The van der Waals surface area contributed by atoms with E-state index in [9.17, 15) is 10.1 Å². The van der Waals surface area contributed by atoms with Crippen LogP contribution in [0.4, 0.5) is 5.82 Å². The molecule has 166 valence electrons. The maximum atomic E-state index is 12.8. The maximum absolute atomic E-state index is 12.8. The van der Waals surface area contributed by atoms with Crippen molar-refractivity contribution in [2.45, 2.75) is 26.8 Å². The lowest BCUT2D eigenvalue weighted by Gasteiger charge is -2.12. The van der Waals surface area contributed by atoms with E-state index in [0.717, 1.165) is 22.4 Å². The van der Waals surface area contributed by atoms with Gasteiger partial charge in [0.15, 0.2) is 0 Å². The van der Waals surface area contributed by atoms with Crippen LogP contribution in [-0.4, -0.2) is 20.9 Å². The second kappa shape index (κ2) is 9.35. The van der Waals surface area contributed by atoms with Crippen LogP contribution in [0.2, 0.25) is 0 Å². The van der Waals surface area contributed by atoms with Crippen molar-refractivity contribution in [3.05, 3.63) is 93.6 Å². The van der Waals surface area contributed by atoms with Crippen LogP contribution in [0.15, 0.2) is 48.8 Å². The fourth-order valence-corrected chi connectivity index (χ4v) is 3.91. The van der Waals surface area contributed by atoms with E-state index in [2.05, 4.69) is 32.4 Å². The summed E-state index contributed by atoms with van der Waals surface area (Å²) in [6.45, 7) is 4.14. The number of rotatable bonds is 5. The highest BCUT2D eigenvalue weighted by atomic mass is 16.1. The van der Waals surface area contributed by atoms with Gasteiger partial charge in [0.1, 0.15) is 18.0 Å². The summed E-state index contributed by atoms with van der Waals surface area (Å²) in [6.07, 6.45) is 3.46. The molecule has 0 atom stereocenters. The Bertz CT molecular complexity index is 1490. The summed E-state index contributed by atoms with van der Waals surface area (Å²) in [5.41, 5.74) is 11.9. The van der Waals surface area contributed by atoms with Gasteiger partial charge >= 0.3 is 0 Å². The quantitative estimate of drug-likeness (QED) is 0.477. The minimum Gasteiger partial charge on any atom is -0.384 e. The monoisotopic (exact) mass is 447 g/mol. The number of carbonyl (C=O) groups excluding carboxylic acids is 1. The van der Waals surface area contributed by atoms with Gasteiger partial charge in [0.2, 0.25) is 0 Å². The predicted octanol–water partition coefficient (Wildman–Crippen LogP) is 3.49. The number of aromatic nitrogens is 3. The zero-order valence-corrected chi connectivity index (χ0v) is 18.8. The summed E-state index contributed by atoms with van der Waals surface area (Å²) < 4.78 is 0. The van der Waals surface area contributed by atoms with E-state index < -0.39 is 0 Å². The van der Waals surface area contributed by atoms with Gasteiger partial charge in [-0.15, -0.1) is 0 Å². The maximum Gasteiger partial charge on any atom is 0.251 e. The molecule has 4 aromatic rings. The molecule has 0 fully saturated rings. The van der Waals surface area contributed by atoms with Crippen molar-refractivity contribution in [3.63, 3.8) is 0 Å². The average molecular weight is 448 g/mol. The molecule has 0 unspecified atom stereocenters. The number of hydrogen-bond acceptors (Lipinski definition) is 7. The number of carbonyl (C=O) groups is 1. The third-order valence-corrected chi connectivity index (χ3v) is 5.56. The molecule has 8 heteroatoms. The van der Waals surface area contributed by atoms with Crippen molar-refractivity contribution in [2.24, 2.45) is 0 Å². The van der Waals surface area contributed by atoms with Gasteiger partial charge in [-0.1, -0.05) is 0 Å². The Morgan fingerprint density at radius 2 is 1.91 bits per heavy atom.